The van der Waals surface area contributed by atoms with E-state index in [1.54, 1.807) is 11.9 Å². The maximum absolute atomic E-state index is 12.1. The second kappa shape index (κ2) is 7.69. The Morgan fingerprint density at radius 3 is 2.50 bits per heavy atom. The Labute approximate surface area is 133 Å². The van der Waals surface area contributed by atoms with Crippen LogP contribution in [0, 0.1) is 5.92 Å². The molecule has 1 aliphatic heterocycles. The fraction of sp³-hybridized carbons (Fsp3) is 0.500. The fourth-order valence-corrected chi connectivity index (χ4v) is 2.33. The molecule has 1 saturated heterocycles. The van der Waals surface area contributed by atoms with Gasteiger partial charge in [0.05, 0.1) is 5.92 Å². The van der Waals surface area contributed by atoms with Crippen LogP contribution in [-0.4, -0.2) is 37.3 Å². The van der Waals surface area contributed by atoms with Crippen LogP contribution >= 0.6 is 12.4 Å². The van der Waals surface area contributed by atoms with Gasteiger partial charge >= 0.3 is 6.36 Å². The van der Waals surface area contributed by atoms with Gasteiger partial charge in [-0.05, 0) is 30.7 Å². The summed E-state index contributed by atoms with van der Waals surface area (Å²) in [5.74, 6) is -0.223. The summed E-state index contributed by atoms with van der Waals surface area (Å²) in [4.78, 5) is 13.7. The van der Waals surface area contributed by atoms with Gasteiger partial charge in [0.1, 0.15) is 5.75 Å². The second-order valence-electron chi connectivity index (χ2n) is 5.08. The van der Waals surface area contributed by atoms with Crippen molar-refractivity contribution in [3.8, 4) is 5.75 Å². The molecule has 8 heteroatoms. The summed E-state index contributed by atoms with van der Waals surface area (Å²) in [6.07, 6.45) is -3.87. The molecule has 1 aliphatic rings. The van der Waals surface area contributed by atoms with Crippen molar-refractivity contribution < 1.29 is 22.7 Å². The van der Waals surface area contributed by atoms with E-state index < -0.39 is 6.36 Å². The molecule has 0 radical (unpaired) electrons. The highest BCUT2D eigenvalue weighted by atomic mass is 35.5. The van der Waals surface area contributed by atoms with E-state index in [4.69, 9.17) is 0 Å². The number of amides is 1. The van der Waals surface area contributed by atoms with Gasteiger partial charge in [0, 0.05) is 20.1 Å². The molecule has 0 saturated carbocycles. The largest absolute Gasteiger partial charge is 0.573 e. The second-order valence-corrected chi connectivity index (χ2v) is 5.08. The molecule has 1 N–H and O–H groups in total. The van der Waals surface area contributed by atoms with Crippen molar-refractivity contribution in [2.45, 2.75) is 19.3 Å². The van der Waals surface area contributed by atoms with Crippen molar-refractivity contribution in [2.24, 2.45) is 5.92 Å². The smallest absolute Gasteiger partial charge is 0.406 e. The van der Waals surface area contributed by atoms with E-state index in [1.165, 1.54) is 24.3 Å². The number of benzene rings is 1. The quantitative estimate of drug-likeness (QED) is 0.917. The minimum Gasteiger partial charge on any atom is -0.406 e. The Bertz CT molecular complexity index is 488. The topological polar surface area (TPSA) is 41.6 Å². The van der Waals surface area contributed by atoms with Crippen molar-refractivity contribution in [1.29, 1.82) is 0 Å². The highest BCUT2D eigenvalue weighted by molar-refractivity contribution is 5.85. The summed E-state index contributed by atoms with van der Waals surface area (Å²) in [5.41, 5.74) is 0.756. The Balaban J connectivity index is 0.00000242. The van der Waals surface area contributed by atoms with Gasteiger partial charge in [-0.3, -0.25) is 4.79 Å². The Morgan fingerprint density at radius 2 is 2.00 bits per heavy atom. The molecule has 1 amide bonds. The molecular formula is C14H18ClF3N2O2. The average Bonchev–Trinajstić information content (AvgIpc) is 2.92. The molecule has 1 atom stereocenters. The monoisotopic (exact) mass is 338 g/mol. The van der Waals surface area contributed by atoms with Gasteiger partial charge in [-0.15, -0.1) is 25.6 Å². The molecule has 1 aromatic rings. The number of carbonyl (C=O) groups excluding carboxylic acids is 1. The number of hydrogen-bond acceptors (Lipinski definition) is 3. The SMILES string of the molecule is CN(Cc1ccc(OC(F)(F)F)cc1)C(=O)C1CCNC1.Cl. The van der Waals surface area contributed by atoms with Gasteiger partial charge in [-0.25, -0.2) is 0 Å². The normalized spacial score (nSPS) is 17.7. The third-order valence-electron chi connectivity index (χ3n) is 3.36. The molecule has 1 unspecified atom stereocenters. The van der Waals surface area contributed by atoms with Crippen LogP contribution in [0.3, 0.4) is 0 Å². The highest BCUT2D eigenvalue weighted by Crippen LogP contribution is 2.23. The third kappa shape index (κ3) is 5.38. The molecule has 1 fully saturated rings. The molecule has 0 bridgehead atoms. The molecule has 1 aromatic carbocycles. The lowest BCUT2D eigenvalue weighted by molar-refractivity contribution is -0.274. The number of alkyl halides is 3. The lowest BCUT2D eigenvalue weighted by Crippen LogP contribution is -2.33. The van der Waals surface area contributed by atoms with Crippen LogP contribution < -0.4 is 10.1 Å². The summed E-state index contributed by atoms with van der Waals surface area (Å²) in [5, 5.41) is 3.13. The van der Waals surface area contributed by atoms with E-state index in [9.17, 15) is 18.0 Å². The lowest BCUT2D eigenvalue weighted by atomic mass is 10.1. The molecule has 2 rings (SSSR count). The first-order chi connectivity index (χ1) is 9.85. The molecule has 4 nitrogen and oxygen atoms in total. The maximum Gasteiger partial charge on any atom is 0.573 e. The Morgan fingerprint density at radius 1 is 1.36 bits per heavy atom. The van der Waals surface area contributed by atoms with Crippen molar-refractivity contribution in [3.05, 3.63) is 29.8 Å². The minimum absolute atomic E-state index is 0. The van der Waals surface area contributed by atoms with Gasteiger partial charge in [0.25, 0.3) is 0 Å². The number of hydrogen-bond donors (Lipinski definition) is 1. The third-order valence-corrected chi connectivity index (χ3v) is 3.36. The molecular weight excluding hydrogens is 321 g/mol. The highest BCUT2D eigenvalue weighted by Gasteiger charge is 2.31. The number of nitrogens with zero attached hydrogens (tertiary/aromatic N) is 1. The zero-order valence-electron chi connectivity index (χ0n) is 12.0. The van der Waals surface area contributed by atoms with E-state index in [2.05, 4.69) is 10.1 Å². The first kappa shape index (κ1) is 18.6. The fourth-order valence-electron chi connectivity index (χ4n) is 2.33. The van der Waals surface area contributed by atoms with Crippen LogP contribution in [0.1, 0.15) is 12.0 Å². The van der Waals surface area contributed by atoms with Crippen molar-refractivity contribution in [1.82, 2.24) is 10.2 Å². The lowest BCUT2D eigenvalue weighted by Gasteiger charge is -2.21. The standard InChI is InChI=1S/C14H17F3N2O2.ClH/c1-19(13(20)11-6-7-18-8-11)9-10-2-4-12(5-3-10)21-14(15,16)17;/h2-5,11,18H,6-9H2,1H3;1H. The van der Waals surface area contributed by atoms with Crippen LogP contribution in [0.25, 0.3) is 0 Å². The summed E-state index contributed by atoms with van der Waals surface area (Å²) >= 11 is 0. The Kier molecular flexibility index (Phi) is 6.49. The van der Waals surface area contributed by atoms with E-state index in [1.807, 2.05) is 0 Å². The summed E-state index contributed by atoms with van der Waals surface area (Å²) in [6, 6.07) is 5.55. The molecule has 22 heavy (non-hydrogen) atoms. The van der Waals surface area contributed by atoms with Gasteiger partial charge in [-0.2, -0.15) is 0 Å². The number of halogens is 4. The molecule has 0 aliphatic carbocycles. The van der Waals surface area contributed by atoms with E-state index in [-0.39, 0.29) is 30.0 Å². The number of carbonyl (C=O) groups is 1. The van der Waals surface area contributed by atoms with Crippen molar-refractivity contribution in [2.75, 3.05) is 20.1 Å². The average molecular weight is 339 g/mol. The number of ether oxygens (including phenoxy) is 1. The van der Waals surface area contributed by atoms with Crippen LogP contribution in [0.5, 0.6) is 5.75 Å². The van der Waals surface area contributed by atoms with Crippen LogP contribution in [0.15, 0.2) is 24.3 Å². The zero-order chi connectivity index (χ0) is 15.5. The molecule has 1 heterocycles. The van der Waals surface area contributed by atoms with E-state index in [0.29, 0.717) is 13.1 Å². The summed E-state index contributed by atoms with van der Waals surface area (Å²) in [7, 11) is 1.70. The molecule has 0 spiro atoms. The van der Waals surface area contributed by atoms with Gasteiger partial charge < -0.3 is 15.0 Å². The first-order valence-electron chi connectivity index (χ1n) is 6.65. The van der Waals surface area contributed by atoms with Gasteiger partial charge in [-0.1, -0.05) is 12.1 Å². The number of nitrogens with one attached hydrogen (secondary N) is 1. The summed E-state index contributed by atoms with van der Waals surface area (Å²) in [6.45, 7) is 1.89. The Hall–Kier alpha value is -1.47. The first-order valence-corrected chi connectivity index (χ1v) is 6.65. The van der Waals surface area contributed by atoms with Gasteiger partial charge in [0.2, 0.25) is 5.91 Å². The minimum atomic E-state index is -4.69. The molecule has 0 aromatic heterocycles. The van der Waals surface area contributed by atoms with Crippen molar-refractivity contribution in [3.63, 3.8) is 0 Å². The van der Waals surface area contributed by atoms with Crippen LogP contribution in [-0.2, 0) is 11.3 Å². The predicted octanol–water partition coefficient (Wildman–Crippen LogP) is 2.57. The summed E-state index contributed by atoms with van der Waals surface area (Å²) < 4.78 is 40.0. The maximum atomic E-state index is 12.1. The van der Waals surface area contributed by atoms with E-state index >= 15 is 0 Å². The van der Waals surface area contributed by atoms with Crippen LogP contribution in [0.2, 0.25) is 0 Å². The zero-order valence-corrected chi connectivity index (χ0v) is 12.8. The molecule has 124 valence electrons. The van der Waals surface area contributed by atoms with Crippen molar-refractivity contribution >= 4 is 18.3 Å². The van der Waals surface area contributed by atoms with E-state index in [0.717, 1.165) is 18.5 Å². The number of rotatable bonds is 4. The predicted molar refractivity (Wildman–Crippen MR) is 77.8 cm³/mol. The van der Waals surface area contributed by atoms with Gasteiger partial charge in [0.15, 0.2) is 0 Å². The van der Waals surface area contributed by atoms with Crippen LogP contribution in [0.4, 0.5) is 13.2 Å².